The van der Waals surface area contributed by atoms with Crippen molar-refractivity contribution >= 4 is 35.0 Å². The summed E-state index contributed by atoms with van der Waals surface area (Å²) in [5.41, 5.74) is 0.676. The Morgan fingerprint density at radius 1 is 0.938 bits per heavy atom. The smallest absolute Gasteiger partial charge is 0.253 e. The van der Waals surface area contributed by atoms with Gasteiger partial charge in [0.05, 0.1) is 12.5 Å². The lowest BCUT2D eigenvalue weighted by molar-refractivity contribution is -0.142. The van der Waals surface area contributed by atoms with Crippen LogP contribution >= 0.6 is 23.2 Å². The largest absolute Gasteiger partial charge is 0.497 e. The molecular weight excluding hydrogens is 451 g/mol. The third kappa shape index (κ3) is 4.45. The van der Waals surface area contributed by atoms with E-state index in [9.17, 15) is 9.59 Å². The summed E-state index contributed by atoms with van der Waals surface area (Å²) in [6.07, 6.45) is 1.14. The number of benzene rings is 2. The fourth-order valence-corrected chi connectivity index (χ4v) is 5.12. The van der Waals surface area contributed by atoms with E-state index in [1.54, 1.807) is 48.4 Å². The zero-order valence-corrected chi connectivity index (χ0v) is 19.5. The molecule has 8 heteroatoms. The number of amides is 2. The van der Waals surface area contributed by atoms with Crippen LogP contribution in [-0.2, 0) is 14.9 Å². The minimum Gasteiger partial charge on any atom is -0.497 e. The first-order valence-electron chi connectivity index (χ1n) is 10.7. The first-order chi connectivity index (χ1) is 15.4. The van der Waals surface area contributed by atoms with Crippen LogP contribution in [0.3, 0.4) is 0 Å². The van der Waals surface area contributed by atoms with Gasteiger partial charge in [-0.05, 0) is 54.8 Å². The normalized spacial score (nSPS) is 18.3. The predicted octanol–water partition coefficient (Wildman–Crippen LogP) is 4.03. The number of ether oxygens (including phenoxy) is 2. The minimum absolute atomic E-state index is 0.0405. The molecule has 0 N–H and O–H groups in total. The summed E-state index contributed by atoms with van der Waals surface area (Å²) in [5, 5.41) is 1.04. The third-order valence-electron chi connectivity index (χ3n) is 6.39. The second kappa shape index (κ2) is 9.69. The van der Waals surface area contributed by atoms with Crippen molar-refractivity contribution in [2.24, 2.45) is 0 Å². The number of methoxy groups -OCH3 is 1. The average molecular weight is 477 g/mol. The number of halogens is 2. The van der Waals surface area contributed by atoms with Crippen molar-refractivity contribution in [1.29, 1.82) is 0 Å². The second-order valence-electron chi connectivity index (χ2n) is 8.13. The molecule has 0 aliphatic carbocycles. The van der Waals surface area contributed by atoms with Crippen LogP contribution in [-0.4, -0.2) is 68.1 Å². The van der Waals surface area contributed by atoms with Crippen LogP contribution in [0, 0.1) is 0 Å². The fourth-order valence-electron chi connectivity index (χ4n) is 4.53. The van der Waals surface area contributed by atoms with Crippen molar-refractivity contribution in [3.63, 3.8) is 0 Å². The van der Waals surface area contributed by atoms with E-state index >= 15 is 0 Å². The van der Waals surface area contributed by atoms with Gasteiger partial charge in [-0.2, -0.15) is 0 Å². The predicted molar refractivity (Wildman–Crippen MR) is 124 cm³/mol. The van der Waals surface area contributed by atoms with Crippen LogP contribution in [0.25, 0.3) is 0 Å². The SMILES string of the molecule is COc1ccc(C(=O)N2CCN(C(=O)C3(c4ccc(Cl)cc4Cl)CCOCC3)CC2)cc1. The Morgan fingerprint density at radius 2 is 1.56 bits per heavy atom. The average Bonchev–Trinajstić information content (AvgIpc) is 2.83. The van der Waals surface area contributed by atoms with Gasteiger partial charge in [0.25, 0.3) is 5.91 Å². The number of hydrogen-bond acceptors (Lipinski definition) is 4. The molecular formula is C24H26Cl2N2O4. The summed E-state index contributed by atoms with van der Waals surface area (Å²) in [6, 6.07) is 12.4. The number of piperazine rings is 1. The Labute approximate surface area is 198 Å². The lowest BCUT2D eigenvalue weighted by Crippen LogP contribution is -2.56. The lowest BCUT2D eigenvalue weighted by atomic mass is 9.72. The molecule has 2 aliphatic heterocycles. The molecule has 2 saturated heterocycles. The van der Waals surface area contributed by atoms with Crippen molar-refractivity contribution in [3.05, 3.63) is 63.6 Å². The van der Waals surface area contributed by atoms with Gasteiger partial charge in [0.2, 0.25) is 5.91 Å². The molecule has 0 spiro atoms. The molecule has 2 aromatic rings. The molecule has 0 saturated carbocycles. The molecule has 0 atom stereocenters. The summed E-state index contributed by atoms with van der Waals surface area (Å²) < 4.78 is 10.7. The maximum Gasteiger partial charge on any atom is 0.253 e. The van der Waals surface area contributed by atoms with Crippen LogP contribution in [0.2, 0.25) is 10.0 Å². The highest BCUT2D eigenvalue weighted by atomic mass is 35.5. The molecule has 2 fully saturated rings. The number of carbonyl (C=O) groups excluding carboxylic acids is 2. The first kappa shape index (κ1) is 22.9. The zero-order valence-electron chi connectivity index (χ0n) is 18.0. The highest BCUT2D eigenvalue weighted by Crippen LogP contribution is 2.41. The van der Waals surface area contributed by atoms with Gasteiger partial charge < -0.3 is 19.3 Å². The Kier molecular flexibility index (Phi) is 6.93. The standard InChI is InChI=1S/C24H26Cl2N2O4/c1-31-19-5-2-17(3-6-19)22(29)27-10-12-28(13-11-27)23(30)24(8-14-32-15-9-24)20-7-4-18(25)16-21(20)26/h2-7,16H,8-15H2,1H3. The third-order valence-corrected chi connectivity index (χ3v) is 6.94. The topological polar surface area (TPSA) is 59.1 Å². The van der Waals surface area contributed by atoms with Crippen LogP contribution in [0.1, 0.15) is 28.8 Å². The Balaban J connectivity index is 1.48. The maximum absolute atomic E-state index is 13.8. The molecule has 6 nitrogen and oxygen atoms in total. The van der Waals surface area contributed by atoms with Crippen molar-refractivity contribution in [3.8, 4) is 5.75 Å². The van der Waals surface area contributed by atoms with E-state index in [2.05, 4.69) is 0 Å². The molecule has 0 aromatic heterocycles. The van der Waals surface area contributed by atoms with Crippen LogP contribution < -0.4 is 4.74 Å². The minimum atomic E-state index is -0.734. The van der Waals surface area contributed by atoms with Gasteiger partial charge in [-0.1, -0.05) is 29.3 Å². The molecule has 0 bridgehead atoms. The van der Waals surface area contributed by atoms with Crippen LogP contribution in [0.4, 0.5) is 0 Å². The molecule has 2 aliphatic rings. The van der Waals surface area contributed by atoms with Gasteiger partial charge >= 0.3 is 0 Å². The van der Waals surface area contributed by atoms with Crippen LogP contribution in [0.5, 0.6) is 5.75 Å². The molecule has 32 heavy (non-hydrogen) atoms. The molecule has 2 amide bonds. The number of rotatable bonds is 4. The monoisotopic (exact) mass is 476 g/mol. The van der Waals surface area contributed by atoms with Gasteiger partial charge in [0.1, 0.15) is 5.75 Å². The molecule has 4 rings (SSSR count). The van der Waals surface area contributed by atoms with Crippen molar-refractivity contribution in [1.82, 2.24) is 9.80 Å². The van der Waals surface area contributed by atoms with E-state index < -0.39 is 5.41 Å². The van der Waals surface area contributed by atoms with E-state index in [-0.39, 0.29) is 11.8 Å². The molecule has 0 unspecified atom stereocenters. The van der Waals surface area contributed by atoms with E-state index in [1.807, 2.05) is 11.0 Å². The van der Waals surface area contributed by atoms with E-state index in [4.69, 9.17) is 32.7 Å². The van der Waals surface area contributed by atoms with Gasteiger partial charge in [0.15, 0.2) is 0 Å². The van der Waals surface area contributed by atoms with E-state index in [1.165, 1.54) is 0 Å². The summed E-state index contributed by atoms with van der Waals surface area (Å²) in [7, 11) is 1.59. The quantitative estimate of drug-likeness (QED) is 0.667. The van der Waals surface area contributed by atoms with Gasteiger partial charge in [-0.3, -0.25) is 9.59 Å². The molecule has 0 radical (unpaired) electrons. The Morgan fingerprint density at radius 3 is 2.16 bits per heavy atom. The second-order valence-corrected chi connectivity index (χ2v) is 8.98. The van der Waals surface area contributed by atoms with E-state index in [0.29, 0.717) is 73.6 Å². The van der Waals surface area contributed by atoms with E-state index in [0.717, 1.165) is 5.56 Å². The highest BCUT2D eigenvalue weighted by molar-refractivity contribution is 6.35. The molecule has 2 aromatic carbocycles. The summed E-state index contributed by atoms with van der Waals surface area (Å²) >= 11 is 12.6. The summed E-state index contributed by atoms with van der Waals surface area (Å²) in [4.78, 5) is 30.3. The molecule has 2 heterocycles. The van der Waals surface area contributed by atoms with Gasteiger partial charge in [-0.25, -0.2) is 0 Å². The fraction of sp³-hybridized carbons (Fsp3) is 0.417. The molecule has 170 valence electrons. The zero-order chi connectivity index (χ0) is 22.7. The number of nitrogens with zero attached hydrogens (tertiary/aromatic N) is 2. The van der Waals surface area contributed by atoms with Gasteiger partial charge in [0, 0.05) is 55.0 Å². The summed E-state index contributed by atoms with van der Waals surface area (Å²) in [6.45, 7) is 2.93. The lowest BCUT2D eigenvalue weighted by Gasteiger charge is -2.43. The number of hydrogen-bond donors (Lipinski definition) is 0. The number of carbonyl (C=O) groups is 2. The Bertz CT molecular complexity index is 982. The maximum atomic E-state index is 13.8. The van der Waals surface area contributed by atoms with Gasteiger partial charge in [-0.15, -0.1) is 0 Å². The summed E-state index contributed by atoms with van der Waals surface area (Å²) in [5.74, 6) is 0.711. The van der Waals surface area contributed by atoms with Crippen LogP contribution in [0.15, 0.2) is 42.5 Å². The van der Waals surface area contributed by atoms with Crippen molar-refractivity contribution in [2.45, 2.75) is 18.3 Å². The van der Waals surface area contributed by atoms with Crippen molar-refractivity contribution < 1.29 is 19.1 Å². The van der Waals surface area contributed by atoms with Crippen molar-refractivity contribution in [2.75, 3.05) is 46.5 Å². The highest BCUT2D eigenvalue weighted by Gasteiger charge is 2.46. The first-order valence-corrected chi connectivity index (χ1v) is 11.5. The Hall–Kier alpha value is -2.28.